The first kappa shape index (κ1) is 19.7. The lowest BCUT2D eigenvalue weighted by Crippen LogP contribution is -2.43. The van der Waals surface area contributed by atoms with E-state index in [1.54, 1.807) is 13.2 Å². The van der Waals surface area contributed by atoms with Gasteiger partial charge in [0.25, 0.3) is 5.91 Å². The van der Waals surface area contributed by atoms with Crippen LogP contribution in [0.25, 0.3) is 0 Å². The molecule has 0 saturated carbocycles. The molecule has 4 rings (SSSR count). The van der Waals surface area contributed by atoms with Crippen molar-refractivity contribution < 1.29 is 14.3 Å². The number of benzene rings is 2. The quantitative estimate of drug-likeness (QED) is 0.815. The minimum atomic E-state index is -0.110. The van der Waals surface area contributed by atoms with Crippen molar-refractivity contribution >= 4 is 11.6 Å². The van der Waals surface area contributed by atoms with Gasteiger partial charge in [-0.1, -0.05) is 24.3 Å². The zero-order valence-corrected chi connectivity index (χ0v) is 17.2. The van der Waals surface area contributed by atoms with Crippen molar-refractivity contribution in [2.75, 3.05) is 58.5 Å². The van der Waals surface area contributed by atoms with Crippen LogP contribution in [-0.2, 0) is 11.2 Å². The molecule has 6 nitrogen and oxygen atoms in total. The number of nitrogens with one attached hydrogen (secondary N) is 1. The van der Waals surface area contributed by atoms with Crippen LogP contribution in [0, 0.1) is 0 Å². The summed E-state index contributed by atoms with van der Waals surface area (Å²) in [5.41, 5.74) is 4.51. The van der Waals surface area contributed by atoms with Crippen LogP contribution in [0.1, 0.15) is 27.5 Å². The number of fused-ring (bicyclic) bond motifs is 1. The van der Waals surface area contributed by atoms with E-state index in [9.17, 15) is 4.79 Å². The largest absolute Gasteiger partial charge is 0.496 e. The van der Waals surface area contributed by atoms with Crippen molar-refractivity contribution in [3.8, 4) is 5.75 Å². The Morgan fingerprint density at radius 1 is 1.17 bits per heavy atom. The fourth-order valence-electron chi connectivity index (χ4n) is 4.26. The summed E-state index contributed by atoms with van der Waals surface area (Å²) in [5, 5.41) is 3.13. The predicted molar refractivity (Wildman–Crippen MR) is 114 cm³/mol. The maximum absolute atomic E-state index is 12.8. The number of nitrogens with zero attached hydrogens (tertiary/aromatic N) is 2. The molecule has 2 aromatic rings. The minimum absolute atomic E-state index is 0.110. The van der Waals surface area contributed by atoms with Crippen LogP contribution in [0.5, 0.6) is 5.75 Å². The summed E-state index contributed by atoms with van der Waals surface area (Å²) in [6.45, 7) is 4.80. The monoisotopic (exact) mass is 395 g/mol. The van der Waals surface area contributed by atoms with Gasteiger partial charge in [0, 0.05) is 38.9 Å². The van der Waals surface area contributed by atoms with E-state index >= 15 is 0 Å². The fraction of sp³-hybridized carbons (Fsp3) is 0.435. The molecule has 154 valence electrons. The first-order chi connectivity index (χ1) is 14.2. The van der Waals surface area contributed by atoms with Crippen LogP contribution in [0.2, 0.25) is 0 Å². The highest BCUT2D eigenvalue weighted by atomic mass is 16.5. The highest BCUT2D eigenvalue weighted by molar-refractivity contribution is 5.96. The molecule has 0 bridgehead atoms. The van der Waals surface area contributed by atoms with Crippen molar-refractivity contribution in [2.24, 2.45) is 0 Å². The molecule has 2 aliphatic rings. The van der Waals surface area contributed by atoms with Gasteiger partial charge >= 0.3 is 0 Å². The smallest absolute Gasteiger partial charge is 0.255 e. The van der Waals surface area contributed by atoms with E-state index in [4.69, 9.17) is 9.47 Å². The van der Waals surface area contributed by atoms with E-state index in [1.807, 2.05) is 18.2 Å². The van der Waals surface area contributed by atoms with Crippen LogP contribution < -0.4 is 15.0 Å². The molecule has 1 atom stereocenters. The molecule has 0 aliphatic carbocycles. The number of methoxy groups -OCH3 is 1. The van der Waals surface area contributed by atoms with Crippen molar-refractivity contribution in [2.45, 2.75) is 12.5 Å². The van der Waals surface area contributed by atoms with Gasteiger partial charge in [-0.3, -0.25) is 9.69 Å². The molecule has 1 amide bonds. The Hall–Kier alpha value is -2.57. The molecule has 0 unspecified atom stereocenters. The highest BCUT2D eigenvalue weighted by Crippen LogP contribution is 2.31. The highest BCUT2D eigenvalue weighted by Gasteiger charge is 2.26. The van der Waals surface area contributed by atoms with E-state index in [0.29, 0.717) is 17.9 Å². The van der Waals surface area contributed by atoms with Gasteiger partial charge in [-0.2, -0.15) is 0 Å². The van der Waals surface area contributed by atoms with Crippen LogP contribution >= 0.6 is 0 Å². The van der Waals surface area contributed by atoms with E-state index in [1.165, 1.54) is 16.8 Å². The van der Waals surface area contributed by atoms with Crippen LogP contribution in [0.15, 0.2) is 42.5 Å². The van der Waals surface area contributed by atoms with E-state index in [2.05, 4.69) is 40.4 Å². The number of carbonyl (C=O) groups excluding carboxylic acids is 1. The second-order valence-electron chi connectivity index (χ2n) is 7.63. The normalized spacial score (nSPS) is 17.7. The Bertz CT molecular complexity index is 864. The third-order valence-corrected chi connectivity index (χ3v) is 5.91. The van der Waals surface area contributed by atoms with Crippen molar-refractivity contribution in [3.63, 3.8) is 0 Å². The van der Waals surface area contributed by atoms with Crippen molar-refractivity contribution in [1.29, 1.82) is 0 Å². The first-order valence-electron chi connectivity index (χ1n) is 10.2. The minimum Gasteiger partial charge on any atom is -0.496 e. The molecule has 0 radical (unpaired) electrons. The number of hydrogen-bond donors (Lipinski definition) is 1. The van der Waals surface area contributed by atoms with E-state index in [0.717, 1.165) is 39.3 Å². The zero-order valence-electron chi connectivity index (χ0n) is 17.2. The third kappa shape index (κ3) is 4.23. The van der Waals surface area contributed by atoms with E-state index in [-0.39, 0.29) is 11.9 Å². The Labute approximate surface area is 172 Å². The number of para-hydroxylation sites is 1. The summed E-state index contributed by atoms with van der Waals surface area (Å²) >= 11 is 0. The Morgan fingerprint density at radius 2 is 1.97 bits per heavy atom. The van der Waals surface area contributed by atoms with Crippen molar-refractivity contribution in [1.82, 2.24) is 10.2 Å². The predicted octanol–water partition coefficient (Wildman–Crippen LogP) is 2.49. The van der Waals surface area contributed by atoms with Gasteiger partial charge in [0.1, 0.15) is 5.75 Å². The second kappa shape index (κ2) is 8.84. The maximum atomic E-state index is 12.8. The Morgan fingerprint density at radius 3 is 2.76 bits per heavy atom. The average molecular weight is 396 g/mol. The number of ether oxygens (including phenoxy) is 2. The second-order valence-corrected chi connectivity index (χ2v) is 7.63. The number of anilines is 1. The van der Waals surface area contributed by atoms with Crippen LogP contribution in [0.3, 0.4) is 0 Å². The van der Waals surface area contributed by atoms with Gasteiger partial charge in [-0.05, 0) is 35.7 Å². The average Bonchev–Trinajstić information content (AvgIpc) is 3.14. The number of hydrogen-bond acceptors (Lipinski definition) is 5. The lowest BCUT2D eigenvalue weighted by atomic mass is 10.00. The molecule has 2 heterocycles. The van der Waals surface area contributed by atoms with Gasteiger partial charge in [0.05, 0.1) is 31.9 Å². The molecule has 1 N–H and O–H groups in total. The molecule has 29 heavy (non-hydrogen) atoms. The Balaban J connectivity index is 1.54. The number of amides is 1. The number of likely N-dealkylation sites (N-methyl/N-ethyl adjacent to an activating group) is 1. The van der Waals surface area contributed by atoms with Gasteiger partial charge in [0.2, 0.25) is 0 Å². The van der Waals surface area contributed by atoms with Gasteiger partial charge in [-0.25, -0.2) is 0 Å². The Kier molecular flexibility index (Phi) is 6.02. The van der Waals surface area contributed by atoms with Crippen LogP contribution in [0.4, 0.5) is 5.69 Å². The molecule has 6 heteroatoms. The molecule has 0 aromatic heterocycles. The fourth-order valence-corrected chi connectivity index (χ4v) is 4.26. The summed E-state index contributed by atoms with van der Waals surface area (Å²) in [6, 6.07) is 14.2. The third-order valence-electron chi connectivity index (χ3n) is 5.91. The number of rotatable bonds is 6. The molecular formula is C23H29N3O3. The van der Waals surface area contributed by atoms with Gasteiger partial charge in [-0.15, -0.1) is 0 Å². The first-order valence-corrected chi connectivity index (χ1v) is 10.2. The molecule has 0 spiro atoms. The molecular weight excluding hydrogens is 366 g/mol. The topological polar surface area (TPSA) is 54.0 Å². The lowest BCUT2D eigenvalue weighted by Gasteiger charge is -2.35. The van der Waals surface area contributed by atoms with Crippen molar-refractivity contribution in [3.05, 3.63) is 59.2 Å². The summed E-state index contributed by atoms with van der Waals surface area (Å²) < 4.78 is 10.9. The SMILES string of the molecule is COc1ccccc1C(=O)NC[C@@H](c1ccc2c(c1)CCN2C)N1CCOCC1. The molecule has 1 saturated heterocycles. The molecule has 1 fully saturated rings. The van der Waals surface area contributed by atoms with Gasteiger partial charge in [0.15, 0.2) is 0 Å². The summed E-state index contributed by atoms with van der Waals surface area (Å²) in [4.78, 5) is 17.5. The van der Waals surface area contributed by atoms with E-state index < -0.39 is 0 Å². The summed E-state index contributed by atoms with van der Waals surface area (Å²) in [5.74, 6) is 0.482. The summed E-state index contributed by atoms with van der Waals surface area (Å²) in [7, 11) is 3.72. The van der Waals surface area contributed by atoms with Crippen LogP contribution in [-0.4, -0.2) is 64.4 Å². The zero-order chi connectivity index (χ0) is 20.2. The van der Waals surface area contributed by atoms with Gasteiger partial charge < -0.3 is 19.7 Å². The number of carbonyl (C=O) groups is 1. The standard InChI is InChI=1S/C23H29N3O3/c1-25-10-9-18-15-17(7-8-20(18)25)21(26-11-13-29-14-12-26)16-24-23(27)19-5-3-4-6-22(19)28-2/h3-8,15,21H,9-14,16H2,1-2H3,(H,24,27)/t21-/m0/s1. The summed E-state index contributed by atoms with van der Waals surface area (Å²) in [6.07, 6.45) is 1.07. The maximum Gasteiger partial charge on any atom is 0.255 e. The number of morpholine rings is 1. The molecule has 2 aliphatic heterocycles. The lowest BCUT2D eigenvalue weighted by molar-refractivity contribution is 0.0162. The molecule has 2 aromatic carbocycles.